The summed E-state index contributed by atoms with van der Waals surface area (Å²) in [6.07, 6.45) is 6.85. The van der Waals surface area contributed by atoms with Gasteiger partial charge in [-0.2, -0.15) is 0 Å². The minimum atomic E-state index is -0.516. The zero-order chi connectivity index (χ0) is 21.1. The van der Waals surface area contributed by atoms with Crippen LogP contribution in [0.5, 0.6) is 0 Å². The van der Waals surface area contributed by atoms with Crippen molar-refractivity contribution in [2.75, 3.05) is 13.2 Å². The second kappa shape index (κ2) is 8.74. The first kappa shape index (κ1) is 20.8. The van der Waals surface area contributed by atoms with Crippen LogP contribution < -0.4 is 10.6 Å². The van der Waals surface area contributed by atoms with Gasteiger partial charge in [0.25, 0.3) is 5.91 Å². The highest BCUT2D eigenvalue weighted by Crippen LogP contribution is 2.60. The predicted octanol–water partition coefficient (Wildman–Crippen LogP) is 2.71. The molecule has 0 saturated heterocycles. The van der Waals surface area contributed by atoms with Crippen LogP contribution in [0.25, 0.3) is 0 Å². The Hall–Kier alpha value is -2.44. The SMILES string of the molecule is O=C(COC(=O)CCNC(=O)C12CC3CC(CC(C3)C1)C2)NCc1ccc(F)cc1. The third kappa shape index (κ3) is 4.82. The number of benzene rings is 1. The summed E-state index contributed by atoms with van der Waals surface area (Å²) in [4.78, 5) is 36.5. The van der Waals surface area contributed by atoms with Crippen molar-refractivity contribution in [2.45, 2.75) is 51.5 Å². The molecule has 2 amide bonds. The van der Waals surface area contributed by atoms with E-state index >= 15 is 0 Å². The van der Waals surface area contributed by atoms with Gasteiger partial charge in [-0.1, -0.05) is 12.1 Å². The molecule has 0 atom stereocenters. The standard InChI is InChI=1S/C23H29FN2O4/c24-19-3-1-15(2-4-19)13-26-20(27)14-30-21(28)5-6-25-22(29)23-10-16-7-17(11-23)9-18(8-16)12-23/h1-4,16-18H,5-14H2,(H,25,29)(H,26,27). The predicted molar refractivity (Wildman–Crippen MR) is 107 cm³/mol. The van der Waals surface area contributed by atoms with E-state index in [2.05, 4.69) is 10.6 Å². The fourth-order valence-electron chi connectivity index (χ4n) is 5.93. The fourth-order valence-corrected chi connectivity index (χ4v) is 5.93. The van der Waals surface area contributed by atoms with Gasteiger partial charge in [0, 0.05) is 18.5 Å². The van der Waals surface area contributed by atoms with Crippen LogP contribution in [0.3, 0.4) is 0 Å². The highest BCUT2D eigenvalue weighted by Gasteiger charge is 2.54. The maximum Gasteiger partial charge on any atom is 0.308 e. The van der Waals surface area contributed by atoms with E-state index < -0.39 is 11.9 Å². The summed E-state index contributed by atoms with van der Waals surface area (Å²) in [5.74, 6) is 0.893. The fraction of sp³-hybridized carbons (Fsp3) is 0.609. The molecule has 4 fully saturated rings. The molecule has 6 nitrogen and oxygen atoms in total. The van der Waals surface area contributed by atoms with Crippen LogP contribution in [0.4, 0.5) is 4.39 Å². The average molecular weight is 416 g/mol. The van der Waals surface area contributed by atoms with Crippen LogP contribution in [-0.2, 0) is 25.7 Å². The second-order valence-corrected chi connectivity index (χ2v) is 9.27. The Morgan fingerprint density at radius 3 is 2.17 bits per heavy atom. The first-order valence-corrected chi connectivity index (χ1v) is 10.9. The summed E-state index contributed by atoms with van der Waals surface area (Å²) in [5.41, 5.74) is 0.530. The highest BCUT2D eigenvalue weighted by molar-refractivity contribution is 5.84. The molecule has 0 spiro atoms. The lowest BCUT2D eigenvalue weighted by atomic mass is 9.49. The molecule has 30 heavy (non-hydrogen) atoms. The number of nitrogens with one attached hydrogen (secondary N) is 2. The molecule has 0 aromatic heterocycles. The molecule has 5 rings (SSSR count). The van der Waals surface area contributed by atoms with Crippen molar-refractivity contribution < 1.29 is 23.5 Å². The van der Waals surface area contributed by atoms with Gasteiger partial charge in [0.1, 0.15) is 5.82 Å². The normalized spacial score (nSPS) is 28.8. The minimum Gasteiger partial charge on any atom is -0.456 e. The Balaban J connectivity index is 1.13. The van der Waals surface area contributed by atoms with Gasteiger partial charge >= 0.3 is 5.97 Å². The van der Waals surface area contributed by atoms with E-state index in [1.54, 1.807) is 12.1 Å². The molecule has 4 aliphatic rings. The molecular formula is C23H29FN2O4. The molecule has 0 aliphatic heterocycles. The van der Waals surface area contributed by atoms with Gasteiger partial charge in [0.2, 0.25) is 5.91 Å². The number of hydrogen-bond donors (Lipinski definition) is 2. The van der Waals surface area contributed by atoms with Crippen LogP contribution in [0, 0.1) is 29.0 Å². The van der Waals surface area contributed by atoms with Crippen molar-refractivity contribution in [2.24, 2.45) is 23.2 Å². The van der Waals surface area contributed by atoms with E-state index in [1.807, 2.05) is 0 Å². The number of carbonyl (C=O) groups excluding carboxylic acids is 3. The Kier molecular flexibility index (Phi) is 6.06. The van der Waals surface area contributed by atoms with E-state index in [4.69, 9.17) is 4.74 Å². The zero-order valence-electron chi connectivity index (χ0n) is 17.1. The molecule has 162 valence electrons. The summed E-state index contributed by atoms with van der Waals surface area (Å²) >= 11 is 0. The number of amides is 2. The van der Waals surface area contributed by atoms with Gasteiger partial charge < -0.3 is 15.4 Å². The number of hydrogen-bond acceptors (Lipinski definition) is 4. The molecule has 0 radical (unpaired) electrons. The van der Waals surface area contributed by atoms with E-state index in [9.17, 15) is 18.8 Å². The number of esters is 1. The van der Waals surface area contributed by atoms with Crippen LogP contribution in [0.1, 0.15) is 50.5 Å². The van der Waals surface area contributed by atoms with E-state index in [0.29, 0.717) is 17.8 Å². The minimum absolute atomic E-state index is 0.0450. The van der Waals surface area contributed by atoms with E-state index in [1.165, 1.54) is 31.4 Å². The molecule has 0 heterocycles. The summed E-state index contributed by atoms with van der Waals surface area (Å²) in [7, 11) is 0. The monoisotopic (exact) mass is 416 g/mol. The molecule has 4 bridgehead atoms. The van der Waals surface area contributed by atoms with Crippen LogP contribution in [0.2, 0.25) is 0 Å². The molecule has 1 aromatic rings. The first-order chi connectivity index (χ1) is 14.4. The topological polar surface area (TPSA) is 84.5 Å². The van der Waals surface area contributed by atoms with Crippen LogP contribution in [0.15, 0.2) is 24.3 Å². The van der Waals surface area contributed by atoms with Crippen molar-refractivity contribution in [3.8, 4) is 0 Å². The lowest BCUT2D eigenvalue weighted by molar-refractivity contribution is -0.149. The Morgan fingerprint density at radius 2 is 1.57 bits per heavy atom. The maximum absolute atomic E-state index is 12.9. The molecule has 4 aliphatic carbocycles. The molecule has 1 aromatic carbocycles. The maximum atomic E-state index is 12.9. The van der Waals surface area contributed by atoms with Gasteiger partial charge in [0.15, 0.2) is 6.61 Å². The van der Waals surface area contributed by atoms with Crippen LogP contribution in [-0.4, -0.2) is 30.9 Å². The van der Waals surface area contributed by atoms with Gasteiger partial charge in [-0.05, 0) is 74.0 Å². The van der Waals surface area contributed by atoms with Crippen molar-refractivity contribution in [3.63, 3.8) is 0 Å². The summed E-state index contributed by atoms with van der Waals surface area (Å²) in [6.45, 7) is 0.0946. The Bertz CT molecular complexity index is 773. The van der Waals surface area contributed by atoms with Crippen molar-refractivity contribution in [1.82, 2.24) is 10.6 Å². The smallest absolute Gasteiger partial charge is 0.308 e. The Morgan fingerprint density at radius 1 is 0.967 bits per heavy atom. The van der Waals surface area contributed by atoms with Crippen LogP contribution >= 0.6 is 0 Å². The average Bonchev–Trinajstić information content (AvgIpc) is 2.71. The highest BCUT2D eigenvalue weighted by atomic mass is 19.1. The molecule has 7 heteroatoms. The lowest BCUT2D eigenvalue weighted by Crippen LogP contribution is -2.53. The number of carbonyl (C=O) groups is 3. The van der Waals surface area contributed by atoms with E-state index in [-0.39, 0.29) is 43.3 Å². The van der Waals surface area contributed by atoms with Gasteiger partial charge in [0.05, 0.1) is 6.42 Å². The van der Waals surface area contributed by atoms with E-state index in [0.717, 1.165) is 24.8 Å². The van der Waals surface area contributed by atoms with Gasteiger partial charge in [-0.25, -0.2) is 4.39 Å². The van der Waals surface area contributed by atoms with Crippen molar-refractivity contribution >= 4 is 17.8 Å². The van der Waals surface area contributed by atoms with Gasteiger partial charge in [-0.3, -0.25) is 14.4 Å². The Labute approximate surface area is 175 Å². The van der Waals surface area contributed by atoms with Crippen molar-refractivity contribution in [3.05, 3.63) is 35.6 Å². The molecular weight excluding hydrogens is 387 g/mol. The largest absolute Gasteiger partial charge is 0.456 e. The van der Waals surface area contributed by atoms with Gasteiger partial charge in [-0.15, -0.1) is 0 Å². The molecule has 4 saturated carbocycles. The molecule has 2 N–H and O–H groups in total. The second-order valence-electron chi connectivity index (χ2n) is 9.27. The first-order valence-electron chi connectivity index (χ1n) is 10.9. The third-order valence-electron chi connectivity index (χ3n) is 6.90. The summed E-state index contributed by atoms with van der Waals surface area (Å²) in [5, 5.41) is 5.55. The quantitative estimate of drug-likeness (QED) is 0.638. The summed E-state index contributed by atoms with van der Waals surface area (Å²) < 4.78 is 17.8. The van der Waals surface area contributed by atoms with Crippen molar-refractivity contribution in [1.29, 1.82) is 0 Å². The molecule has 0 unspecified atom stereocenters. The third-order valence-corrected chi connectivity index (χ3v) is 6.90. The summed E-state index contributed by atoms with van der Waals surface area (Å²) in [6, 6.07) is 5.79. The lowest BCUT2D eigenvalue weighted by Gasteiger charge is -2.55. The zero-order valence-corrected chi connectivity index (χ0v) is 17.1. The number of ether oxygens (including phenoxy) is 1. The number of rotatable bonds is 8. The number of halogens is 1.